The van der Waals surface area contributed by atoms with Gasteiger partial charge in [-0.05, 0) is 129 Å². The molecule has 1 aliphatic carbocycles. The standard InChI is InChI=1S/C55H36O/c1-55(2)48-27-25-35(30-47(48)54-45-32-51-46(31-36(45)26-28-49(54)55)39-18-9-10-24-50(39)56-51)34-15-11-16-37(29-34)52-41-19-5-7-21-43(41)53(44-22-8-6-20-42(44)52)40-23-12-14-33-13-3-4-17-38(33)40/h3-32H,1-2H3. The first-order chi connectivity index (χ1) is 27.5. The maximum Gasteiger partial charge on any atom is 0.136 e. The molecule has 0 radical (unpaired) electrons. The Kier molecular flexibility index (Phi) is 6.46. The number of hydrogen-bond acceptors (Lipinski definition) is 1. The molecule has 56 heavy (non-hydrogen) atoms. The zero-order valence-electron chi connectivity index (χ0n) is 31.2. The molecule has 10 aromatic carbocycles. The van der Waals surface area contributed by atoms with Crippen molar-refractivity contribution in [3.8, 4) is 44.5 Å². The van der Waals surface area contributed by atoms with E-state index in [1.807, 2.05) is 6.07 Å². The Balaban J connectivity index is 1.05. The van der Waals surface area contributed by atoms with Crippen molar-refractivity contribution in [1.82, 2.24) is 0 Å². The molecule has 0 N–H and O–H groups in total. The molecule has 11 aromatic rings. The van der Waals surface area contributed by atoms with Crippen molar-refractivity contribution in [3.05, 3.63) is 193 Å². The van der Waals surface area contributed by atoms with Crippen molar-refractivity contribution in [2.24, 2.45) is 0 Å². The van der Waals surface area contributed by atoms with Crippen molar-refractivity contribution in [2.45, 2.75) is 19.3 Å². The number of hydrogen-bond donors (Lipinski definition) is 0. The fourth-order valence-electron chi connectivity index (χ4n) is 10.0. The van der Waals surface area contributed by atoms with E-state index in [2.05, 4.69) is 190 Å². The summed E-state index contributed by atoms with van der Waals surface area (Å²) in [4.78, 5) is 0. The van der Waals surface area contributed by atoms with Crippen LogP contribution in [0.2, 0.25) is 0 Å². The Labute approximate surface area is 325 Å². The Morgan fingerprint density at radius 1 is 0.321 bits per heavy atom. The van der Waals surface area contributed by atoms with E-state index in [0.29, 0.717) is 0 Å². The molecule has 0 saturated heterocycles. The summed E-state index contributed by atoms with van der Waals surface area (Å²) < 4.78 is 6.42. The summed E-state index contributed by atoms with van der Waals surface area (Å²) in [5, 5.41) is 12.4. The summed E-state index contributed by atoms with van der Waals surface area (Å²) in [7, 11) is 0. The molecule has 1 aliphatic rings. The van der Waals surface area contributed by atoms with Crippen LogP contribution in [0.15, 0.2) is 186 Å². The van der Waals surface area contributed by atoms with Gasteiger partial charge in [0.1, 0.15) is 11.2 Å². The summed E-state index contributed by atoms with van der Waals surface area (Å²) in [6.07, 6.45) is 0. The first kappa shape index (κ1) is 31.4. The van der Waals surface area contributed by atoms with Crippen LogP contribution in [-0.2, 0) is 5.41 Å². The van der Waals surface area contributed by atoms with Gasteiger partial charge >= 0.3 is 0 Å². The van der Waals surface area contributed by atoms with Crippen molar-refractivity contribution in [1.29, 1.82) is 0 Å². The second-order valence-corrected chi connectivity index (χ2v) is 16.0. The SMILES string of the molecule is CC1(C)c2ccc(-c3cccc(-c4c5ccccc5c(-c5cccc6ccccc56)c5ccccc45)c3)cc2-c2c1ccc1cc3c(cc21)oc1ccccc13. The van der Waals surface area contributed by atoms with Gasteiger partial charge in [0.25, 0.3) is 0 Å². The predicted molar refractivity (Wildman–Crippen MR) is 238 cm³/mol. The van der Waals surface area contributed by atoms with Crippen LogP contribution in [0, 0.1) is 0 Å². The quantitative estimate of drug-likeness (QED) is 0.166. The number of fused-ring (bicyclic) bond motifs is 11. The lowest BCUT2D eigenvalue weighted by atomic mass is 9.81. The van der Waals surface area contributed by atoms with Gasteiger partial charge in [-0.2, -0.15) is 0 Å². The Bertz CT molecular complexity index is 3390. The molecule has 1 aromatic heterocycles. The van der Waals surface area contributed by atoms with E-state index in [9.17, 15) is 0 Å². The summed E-state index contributed by atoms with van der Waals surface area (Å²) in [6.45, 7) is 4.73. The Hall–Kier alpha value is -6.96. The van der Waals surface area contributed by atoms with Crippen molar-refractivity contribution >= 4 is 65.0 Å². The molecule has 1 heterocycles. The van der Waals surface area contributed by atoms with E-state index < -0.39 is 0 Å². The Morgan fingerprint density at radius 2 is 0.929 bits per heavy atom. The van der Waals surface area contributed by atoms with Crippen molar-refractivity contribution in [2.75, 3.05) is 0 Å². The van der Waals surface area contributed by atoms with Crippen LogP contribution in [0.3, 0.4) is 0 Å². The van der Waals surface area contributed by atoms with Gasteiger partial charge < -0.3 is 4.42 Å². The third-order valence-corrected chi connectivity index (χ3v) is 12.6. The first-order valence-electron chi connectivity index (χ1n) is 19.6. The van der Waals surface area contributed by atoms with E-state index >= 15 is 0 Å². The highest BCUT2D eigenvalue weighted by atomic mass is 16.3. The normalized spacial score (nSPS) is 13.3. The zero-order chi connectivity index (χ0) is 37.1. The van der Waals surface area contributed by atoms with Gasteiger partial charge in [-0.3, -0.25) is 0 Å². The number of benzene rings is 10. The van der Waals surface area contributed by atoms with Gasteiger partial charge in [0, 0.05) is 16.2 Å². The molecule has 262 valence electrons. The fourth-order valence-corrected chi connectivity index (χ4v) is 10.0. The molecule has 0 spiro atoms. The average molecular weight is 713 g/mol. The third kappa shape index (κ3) is 4.37. The second kappa shape index (κ2) is 11.5. The monoisotopic (exact) mass is 712 g/mol. The first-order valence-corrected chi connectivity index (χ1v) is 19.6. The van der Waals surface area contributed by atoms with Crippen LogP contribution in [-0.4, -0.2) is 0 Å². The highest BCUT2D eigenvalue weighted by molar-refractivity contribution is 6.23. The molecule has 1 nitrogen and oxygen atoms in total. The summed E-state index contributed by atoms with van der Waals surface area (Å²) in [6, 6.07) is 67.3. The fraction of sp³-hybridized carbons (Fsp3) is 0.0545. The minimum Gasteiger partial charge on any atom is -0.456 e. The highest BCUT2D eigenvalue weighted by Gasteiger charge is 2.37. The molecule has 1 heteroatoms. The topological polar surface area (TPSA) is 13.1 Å². The van der Waals surface area contributed by atoms with Crippen LogP contribution in [0.25, 0.3) is 110 Å². The van der Waals surface area contributed by atoms with E-state index in [0.717, 1.165) is 16.6 Å². The summed E-state index contributed by atoms with van der Waals surface area (Å²) in [5.41, 5.74) is 14.6. The molecule has 0 amide bonds. The molecule has 0 bridgehead atoms. The molecule has 12 rings (SSSR count). The lowest BCUT2D eigenvalue weighted by Gasteiger charge is -2.22. The van der Waals surface area contributed by atoms with Gasteiger partial charge in [0.05, 0.1) is 0 Å². The molecule has 0 fully saturated rings. The zero-order valence-corrected chi connectivity index (χ0v) is 31.2. The molecule has 0 saturated carbocycles. The lowest BCUT2D eigenvalue weighted by Crippen LogP contribution is -2.14. The van der Waals surface area contributed by atoms with Gasteiger partial charge in [0.2, 0.25) is 0 Å². The van der Waals surface area contributed by atoms with Crippen LogP contribution in [0.5, 0.6) is 0 Å². The average Bonchev–Trinajstić information content (AvgIpc) is 3.72. The van der Waals surface area contributed by atoms with Crippen LogP contribution in [0.4, 0.5) is 0 Å². The van der Waals surface area contributed by atoms with E-state index in [-0.39, 0.29) is 5.41 Å². The van der Waals surface area contributed by atoms with Gasteiger partial charge in [0.15, 0.2) is 0 Å². The Morgan fingerprint density at radius 3 is 1.71 bits per heavy atom. The lowest BCUT2D eigenvalue weighted by molar-refractivity contribution is 0.660. The molecule has 0 aliphatic heterocycles. The van der Waals surface area contributed by atoms with Gasteiger partial charge in [-0.25, -0.2) is 0 Å². The van der Waals surface area contributed by atoms with Crippen molar-refractivity contribution in [3.63, 3.8) is 0 Å². The van der Waals surface area contributed by atoms with Crippen LogP contribution in [0.1, 0.15) is 25.0 Å². The van der Waals surface area contributed by atoms with E-state index in [4.69, 9.17) is 4.42 Å². The largest absolute Gasteiger partial charge is 0.456 e. The minimum atomic E-state index is -0.119. The maximum atomic E-state index is 6.42. The smallest absolute Gasteiger partial charge is 0.136 e. The predicted octanol–water partition coefficient (Wildman–Crippen LogP) is 15.5. The second-order valence-electron chi connectivity index (χ2n) is 16.0. The van der Waals surface area contributed by atoms with Gasteiger partial charge in [-0.1, -0.05) is 166 Å². The minimum absolute atomic E-state index is 0.119. The van der Waals surface area contributed by atoms with Crippen LogP contribution >= 0.6 is 0 Å². The summed E-state index contributed by atoms with van der Waals surface area (Å²) >= 11 is 0. The molecule has 0 atom stereocenters. The summed E-state index contributed by atoms with van der Waals surface area (Å²) in [5.74, 6) is 0. The van der Waals surface area contributed by atoms with E-state index in [1.54, 1.807) is 0 Å². The number of para-hydroxylation sites is 1. The van der Waals surface area contributed by atoms with Crippen molar-refractivity contribution < 1.29 is 4.42 Å². The van der Waals surface area contributed by atoms with Gasteiger partial charge in [-0.15, -0.1) is 0 Å². The molecular formula is C55H36O. The molecular weight excluding hydrogens is 677 g/mol. The number of rotatable bonds is 3. The third-order valence-electron chi connectivity index (χ3n) is 12.6. The molecule has 0 unspecified atom stereocenters. The highest BCUT2D eigenvalue weighted by Crippen LogP contribution is 2.53. The number of furan rings is 1. The maximum absolute atomic E-state index is 6.42. The van der Waals surface area contributed by atoms with Crippen LogP contribution < -0.4 is 0 Å². The van der Waals surface area contributed by atoms with E-state index in [1.165, 1.54) is 104 Å².